The highest BCUT2D eigenvalue weighted by Crippen LogP contribution is 2.41. The van der Waals surface area contributed by atoms with Crippen LogP contribution in [0.2, 0.25) is 0 Å². The van der Waals surface area contributed by atoms with Crippen LogP contribution in [-0.4, -0.2) is 55.6 Å². The summed E-state index contributed by atoms with van der Waals surface area (Å²) < 4.78 is 16.5. The zero-order chi connectivity index (χ0) is 31.5. The average molecular weight is 596 g/mol. The molecule has 4 aromatic rings. The van der Waals surface area contributed by atoms with Crippen molar-refractivity contribution in [3.63, 3.8) is 0 Å². The number of amides is 3. The van der Waals surface area contributed by atoms with Gasteiger partial charge < -0.3 is 35.3 Å². The molecule has 3 aromatic carbocycles. The molecule has 12 nitrogen and oxygen atoms in total. The van der Waals surface area contributed by atoms with E-state index in [-0.39, 0.29) is 31.1 Å². The minimum atomic E-state index is -1.22. The van der Waals surface area contributed by atoms with Gasteiger partial charge in [0.25, 0.3) is 5.91 Å². The average Bonchev–Trinajstić information content (AvgIpc) is 3.03. The predicted octanol–water partition coefficient (Wildman–Crippen LogP) is 5.13. The second-order valence-electron chi connectivity index (χ2n) is 9.21. The maximum absolute atomic E-state index is 13.2. The molecule has 4 rings (SSSR count). The van der Waals surface area contributed by atoms with Crippen molar-refractivity contribution in [3.8, 4) is 40.0 Å². The van der Waals surface area contributed by atoms with Gasteiger partial charge in [-0.2, -0.15) is 5.26 Å². The lowest BCUT2D eigenvalue weighted by Gasteiger charge is -2.18. The maximum atomic E-state index is 13.2. The van der Waals surface area contributed by atoms with Crippen LogP contribution in [0.1, 0.15) is 22.3 Å². The second kappa shape index (κ2) is 14.8. The van der Waals surface area contributed by atoms with Crippen molar-refractivity contribution in [3.05, 3.63) is 90.0 Å². The molecule has 0 saturated heterocycles. The SMILES string of the molecule is COCOc1cccc(OC)c1-c1cc(-c2cccc(NC(=O)CCNC(=O)O)c2)c(C#N)c(NC(=O)c2ccccc2)n1. The Morgan fingerprint density at radius 2 is 1.68 bits per heavy atom. The Labute approximate surface area is 253 Å². The molecule has 12 heteroatoms. The van der Waals surface area contributed by atoms with E-state index in [1.54, 1.807) is 78.9 Å². The third kappa shape index (κ3) is 7.67. The first kappa shape index (κ1) is 31.0. The van der Waals surface area contributed by atoms with Crippen molar-refractivity contribution in [2.45, 2.75) is 6.42 Å². The summed E-state index contributed by atoms with van der Waals surface area (Å²) in [5, 5.41) is 26.7. The van der Waals surface area contributed by atoms with Crippen molar-refractivity contribution < 1.29 is 33.7 Å². The van der Waals surface area contributed by atoms with Crippen molar-refractivity contribution in [1.29, 1.82) is 5.26 Å². The number of hydrogen-bond acceptors (Lipinski definition) is 8. The van der Waals surface area contributed by atoms with Crippen LogP contribution >= 0.6 is 0 Å². The van der Waals surface area contributed by atoms with Crippen LogP contribution < -0.4 is 25.4 Å². The van der Waals surface area contributed by atoms with E-state index in [1.165, 1.54) is 14.2 Å². The molecule has 0 fully saturated rings. The minimum Gasteiger partial charge on any atom is -0.496 e. The molecule has 0 unspecified atom stereocenters. The van der Waals surface area contributed by atoms with Gasteiger partial charge in [-0.05, 0) is 48.0 Å². The first-order valence-corrected chi connectivity index (χ1v) is 13.3. The number of carboxylic acid groups (broad SMARTS) is 1. The fourth-order valence-electron chi connectivity index (χ4n) is 4.32. The number of benzene rings is 3. The van der Waals surface area contributed by atoms with E-state index in [2.05, 4.69) is 27.0 Å². The van der Waals surface area contributed by atoms with Crippen LogP contribution in [0.5, 0.6) is 11.5 Å². The Morgan fingerprint density at radius 1 is 0.932 bits per heavy atom. The molecule has 0 aliphatic rings. The lowest BCUT2D eigenvalue weighted by molar-refractivity contribution is -0.116. The van der Waals surface area contributed by atoms with Gasteiger partial charge in [0.05, 0.1) is 18.4 Å². The van der Waals surface area contributed by atoms with Gasteiger partial charge in [0.1, 0.15) is 23.1 Å². The summed E-state index contributed by atoms with van der Waals surface area (Å²) in [7, 11) is 2.99. The van der Waals surface area contributed by atoms with E-state index in [9.17, 15) is 19.6 Å². The Kier molecular flexibility index (Phi) is 10.4. The number of nitrogens with zero attached hydrogens (tertiary/aromatic N) is 2. The van der Waals surface area contributed by atoms with Gasteiger partial charge in [0, 0.05) is 36.9 Å². The van der Waals surface area contributed by atoms with E-state index in [0.717, 1.165) is 0 Å². The van der Waals surface area contributed by atoms with Gasteiger partial charge in [-0.15, -0.1) is 0 Å². The summed E-state index contributed by atoms with van der Waals surface area (Å²) in [6.07, 6.45) is -1.30. The molecule has 0 aliphatic carbocycles. The van der Waals surface area contributed by atoms with Crippen LogP contribution in [0.4, 0.5) is 16.3 Å². The Bertz CT molecular complexity index is 1700. The van der Waals surface area contributed by atoms with Gasteiger partial charge in [0.15, 0.2) is 12.6 Å². The van der Waals surface area contributed by atoms with E-state index in [4.69, 9.17) is 19.3 Å². The maximum Gasteiger partial charge on any atom is 0.404 e. The smallest absolute Gasteiger partial charge is 0.404 e. The van der Waals surface area contributed by atoms with Gasteiger partial charge >= 0.3 is 6.09 Å². The molecule has 0 saturated carbocycles. The van der Waals surface area contributed by atoms with E-state index >= 15 is 0 Å². The molecule has 4 N–H and O–H groups in total. The molecule has 0 aliphatic heterocycles. The van der Waals surface area contributed by atoms with Crippen molar-refractivity contribution >= 4 is 29.4 Å². The third-order valence-corrected chi connectivity index (χ3v) is 6.28. The molecule has 0 spiro atoms. The summed E-state index contributed by atoms with van der Waals surface area (Å²) in [5.41, 5.74) is 2.61. The summed E-state index contributed by atoms with van der Waals surface area (Å²) in [4.78, 5) is 41.0. The number of carbonyl (C=O) groups excluding carboxylic acids is 2. The van der Waals surface area contributed by atoms with E-state index in [0.29, 0.717) is 45.1 Å². The summed E-state index contributed by atoms with van der Waals surface area (Å²) >= 11 is 0. The normalized spacial score (nSPS) is 10.3. The van der Waals surface area contributed by atoms with Gasteiger partial charge in [-0.1, -0.05) is 36.4 Å². The van der Waals surface area contributed by atoms with Crippen LogP contribution in [0, 0.1) is 11.3 Å². The zero-order valence-corrected chi connectivity index (χ0v) is 23.9. The van der Waals surface area contributed by atoms with Crippen LogP contribution in [-0.2, 0) is 9.53 Å². The number of rotatable bonds is 12. The molecular weight excluding hydrogens is 566 g/mol. The highest BCUT2D eigenvalue weighted by Gasteiger charge is 2.22. The molecule has 0 atom stereocenters. The highest BCUT2D eigenvalue weighted by molar-refractivity contribution is 6.05. The summed E-state index contributed by atoms with van der Waals surface area (Å²) in [6.45, 7) is -0.103. The van der Waals surface area contributed by atoms with Gasteiger partial charge in [-0.25, -0.2) is 9.78 Å². The summed E-state index contributed by atoms with van der Waals surface area (Å²) in [6, 6.07) is 24.3. The minimum absolute atomic E-state index is 0.00614. The van der Waals surface area contributed by atoms with Gasteiger partial charge in [0.2, 0.25) is 5.91 Å². The highest BCUT2D eigenvalue weighted by atomic mass is 16.7. The zero-order valence-electron chi connectivity index (χ0n) is 23.9. The Hall–Kier alpha value is -5.93. The quantitative estimate of drug-likeness (QED) is 0.162. The molecule has 1 aromatic heterocycles. The van der Waals surface area contributed by atoms with Crippen LogP contribution in [0.3, 0.4) is 0 Å². The first-order chi connectivity index (χ1) is 21.3. The van der Waals surface area contributed by atoms with Gasteiger partial charge in [-0.3, -0.25) is 9.59 Å². The van der Waals surface area contributed by atoms with Crippen molar-refractivity contribution in [1.82, 2.24) is 10.3 Å². The number of methoxy groups -OCH3 is 2. The lowest BCUT2D eigenvalue weighted by atomic mass is 9.97. The topological polar surface area (TPSA) is 172 Å². The number of hydrogen-bond donors (Lipinski definition) is 4. The number of anilines is 2. The lowest BCUT2D eigenvalue weighted by Crippen LogP contribution is -2.25. The number of nitriles is 1. The standard InChI is InChI=1S/C32H29N5O7/c1-42-19-44-27-13-7-12-26(43-2)29(27)25-17-23(21-10-6-11-22(16-21)35-28(38)14-15-34-32(40)41)24(18-33)30(36-25)37-31(39)20-8-4-3-5-9-20/h3-13,16-17,34H,14-15,19H2,1-2H3,(H,35,38)(H,40,41)(H,36,37,39). The fourth-order valence-corrected chi connectivity index (χ4v) is 4.32. The number of nitrogens with one attached hydrogen (secondary N) is 3. The summed E-state index contributed by atoms with van der Waals surface area (Å²) in [5.74, 6) is -0.0449. The van der Waals surface area contributed by atoms with Crippen molar-refractivity contribution in [2.75, 3.05) is 38.2 Å². The monoisotopic (exact) mass is 595 g/mol. The first-order valence-electron chi connectivity index (χ1n) is 13.3. The largest absolute Gasteiger partial charge is 0.496 e. The predicted molar refractivity (Wildman–Crippen MR) is 163 cm³/mol. The van der Waals surface area contributed by atoms with E-state index in [1.807, 2.05) is 0 Å². The molecular formula is C32H29N5O7. The molecule has 224 valence electrons. The number of carbonyl (C=O) groups is 3. The molecule has 0 bridgehead atoms. The van der Waals surface area contributed by atoms with E-state index < -0.39 is 17.9 Å². The number of ether oxygens (including phenoxy) is 3. The second-order valence-corrected chi connectivity index (χ2v) is 9.21. The molecule has 0 radical (unpaired) electrons. The Balaban J connectivity index is 1.84. The Morgan fingerprint density at radius 3 is 2.39 bits per heavy atom. The van der Waals surface area contributed by atoms with Crippen LogP contribution in [0.25, 0.3) is 22.4 Å². The van der Waals surface area contributed by atoms with Crippen molar-refractivity contribution in [2.24, 2.45) is 0 Å². The molecule has 3 amide bonds. The van der Waals surface area contributed by atoms with Crippen LogP contribution in [0.15, 0.2) is 78.9 Å². The fraction of sp³-hybridized carbons (Fsp3) is 0.156. The number of pyridine rings is 1. The molecule has 1 heterocycles. The number of aromatic nitrogens is 1. The molecule has 44 heavy (non-hydrogen) atoms. The third-order valence-electron chi connectivity index (χ3n) is 6.28.